The molecule has 0 saturated carbocycles. The van der Waals surface area contributed by atoms with E-state index in [9.17, 15) is 13.2 Å². The van der Waals surface area contributed by atoms with Crippen LogP contribution in [0.2, 0.25) is 5.02 Å². The fourth-order valence-electron chi connectivity index (χ4n) is 2.10. The molecule has 7 heteroatoms. The Morgan fingerprint density at radius 1 is 1.09 bits per heavy atom. The molecule has 0 heterocycles. The van der Waals surface area contributed by atoms with E-state index in [0.717, 1.165) is 5.69 Å². The maximum Gasteiger partial charge on any atom is 0.573 e. The van der Waals surface area contributed by atoms with Gasteiger partial charge in [-0.25, -0.2) is 0 Å². The van der Waals surface area contributed by atoms with E-state index in [1.807, 2.05) is 31.1 Å². The van der Waals surface area contributed by atoms with Gasteiger partial charge in [0.15, 0.2) is 0 Å². The van der Waals surface area contributed by atoms with Crippen molar-refractivity contribution in [3.05, 3.63) is 58.6 Å². The molecule has 124 valence electrons. The molecular weight excluding hydrogens is 329 g/mol. The Labute approximate surface area is 137 Å². The average Bonchev–Trinajstić information content (AvgIpc) is 2.45. The largest absolute Gasteiger partial charge is 0.573 e. The van der Waals surface area contributed by atoms with E-state index < -0.39 is 12.4 Å². The van der Waals surface area contributed by atoms with Crippen molar-refractivity contribution in [1.82, 2.24) is 0 Å². The zero-order valence-electron chi connectivity index (χ0n) is 12.6. The van der Waals surface area contributed by atoms with Crippen molar-refractivity contribution < 1.29 is 17.9 Å². The number of ether oxygens (including phenoxy) is 1. The first-order valence-corrected chi connectivity index (χ1v) is 7.13. The van der Waals surface area contributed by atoms with Crippen LogP contribution in [0.4, 0.5) is 18.9 Å². The second-order valence-corrected chi connectivity index (χ2v) is 5.60. The van der Waals surface area contributed by atoms with Crippen LogP contribution in [0.3, 0.4) is 0 Å². The third kappa shape index (κ3) is 4.53. The molecular formula is C16H16ClF3N2O. The number of hydrogen-bond donors (Lipinski definition) is 1. The van der Waals surface area contributed by atoms with Gasteiger partial charge in [-0.2, -0.15) is 0 Å². The minimum Gasteiger partial charge on any atom is -0.406 e. The lowest BCUT2D eigenvalue weighted by atomic mass is 9.99. The standard InChI is InChI=1S/C16H16ClF3N2O/c1-22(2)11-5-8-13(14(17)9-11)15(21)10-3-6-12(7-4-10)23-16(18,19)20/h3-9,15H,21H2,1-2H3/t15-/m1/s1. The minimum absolute atomic E-state index is 0.289. The highest BCUT2D eigenvalue weighted by Crippen LogP contribution is 2.31. The lowest BCUT2D eigenvalue weighted by molar-refractivity contribution is -0.274. The van der Waals surface area contributed by atoms with Gasteiger partial charge in [-0.15, -0.1) is 13.2 Å². The van der Waals surface area contributed by atoms with Crippen molar-refractivity contribution >= 4 is 17.3 Å². The third-order valence-corrected chi connectivity index (χ3v) is 3.64. The number of rotatable bonds is 4. The topological polar surface area (TPSA) is 38.5 Å². The molecule has 0 saturated heterocycles. The summed E-state index contributed by atoms with van der Waals surface area (Å²) in [5.74, 6) is -0.289. The van der Waals surface area contributed by atoms with Crippen LogP contribution < -0.4 is 15.4 Å². The quantitative estimate of drug-likeness (QED) is 0.896. The fourth-order valence-corrected chi connectivity index (χ4v) is 2.40. The Kier molecular flexibility index (Phi) is 5.06. The summed E-state index contributed by atoms with van der Waals surface area (Å²) in [6.45, 7) is 0. The summed E-state index contributed by atoms with van der Waals surface area (Å²) in [6.07, 6.45) is -4.71. The van der Waals surface area contributed by atoms with E-state index in [-0.39, 0.29) is 5.75 Å². The Balaban J connectivity index is 2.22. The van der Waals surface area contributed by atoms with Crippen LogP contribution in [0.15, 0.2) is 42.5 Å². The number of alkyl halides is 3. The van der Waals surface area contributed by atoms with E-state index in [1.54, 1.807) is 6.07 Å². The van der Waals surface area contributed by atoms with Gasteiger partial charge in [-0.05, 0) is 35.4 Å². The molecule has 0 fully saturated rings. The van der Waals surface area contributed by atoms with Gasteiger partial charge in [0, 0.05) is 24.8 Å². The Bertz CT molecular complexity index is 672. The highest BCUT2D eigenvalue weighted by molar-refractivity contribution is 6.31. The molecule has 0 aromatic heterocycles. The zero-order chi connectivity index (χ0) is 17.2. The molecule has 2 aromatic rings. The summed E-state index contributed by atoms with van der Waals surface area (Å²) in [4.78, 5) is 1.91. The molecule has 2 N–H and O–H groups in total. The summed E-state index contributed by atoms with van der Waals surface area (Å²) in [5.41, 5.74) is 8.42. The molecule has 23 heavy (non-hydrogen) atoms. The molecule has 0 aliphatic rings. The summed E-state index contributed by atoms with van der Waals surface area (Å²) in [6, 6.07) is 10.4. The minimum atomic E-state index is -4.71. The predicted molar refractivity (Wildman–Crippen MR) is 84.9 cm³/mol. The molecule has 1 atom stereocenters. The molecule has 0 radical (unpaired) electrons. The first kappa shape index (κ1) is 17.4. The fraction of sp³-hybridized carbons (Fsp3) is 0.250. The normalized spacial score (nSPS) is 12.8. The van der Waals surface area contributed by atoms with Crippen molar-refractivity contribution in [2.75, 3.05) is 19.0 Å². The molecule has 2 aromatic carbocycles. The molecule has 3 nitrogen and oxygen atoms in total. The van der Waals surface area contributed by atoms with Crippen molar-refractivity contribution in [3.63, 3.8) is 0 Å². The van der Waals surface area contributed by atoms with Crippen LogP contribution in [-0.2, 0) is 0 Å². The third-order valence-electron chi connectivity index (χ3n) is 3.31. The molecule has 0 bridgehead atoms. The molecule has 0 spiro atoms. The molecule has 0 aliphatic carbocycles. The maximum atomic E-state index is 12.2. The van der Waals surface area contributed by atoms with Crippen LogP contribution >= 0.6 is 11.6 Å². The van der Waals surface area contributed by atoms with E-state index in [1.165, 1.54) is 24.3 Å². The Morgan fingerprint density at radius 3 is 2.17 bits per heavy atom. The van der Waals surface area contributed by atoms with Crippen LogP contribution in [0.25, 0.3) is 0 Å². The van der Waals surface area contributed by atoms with Gasteiger partial charge >= 0.3 is 6.36 Å². The van der Waals surface area contributed by atoms with Crippen LogP contribution in [-0.4, -0.2) is 20.5 Å². The second-order valence-electron chi connectivity index (χ2n) is 5.19. The van der Waals surface area contributed by atoms with Crippen molar-refractivity contribution in [1.29, 1.82) is 0 Å². The van der Waals surface area contributed by atoms with Crippen molar-refractivity contribution in [2.24, 2.45) is 5.73 Å². The number of nitrogens with two attached hydrogens (primary N) is 1. The Hall–Kier alpha value is -1.92. The lowest BCUT2D eigenvalue weighted by Crippen LogP contribution is -2.17. The molecule has 0 unspecified atom stereocenters. The maximum absolute atomic E-state index is 12.2. The SMILES string of the molecule is CN(C)c1ccc([C@H](N)c2ccc(OC(F)(F)F)cc2)c(Cl)c1. The number of hydrogen-bond acceptors (Lipinski definition) is 3. The highest BCUT2D eigenvalue weighted by atomic mass is 35.5. The number of benzene rings is 2. The average molecular weight is 345 g/mol. The zero-order valence-corrected chi connectivity index (χ0v) is 13.3. The summed E-state index contributed by atoms with van der Waals surface area (Å²) < 4.78 is 40.3. The number of anilines is 1. The predicted octanol–water partition coefficient (Wildman–Crippen LogP) is 4.35. The molecule has 2 rings (SSSR count). The van der Waals surface area contributed by atoms with Gasteiger partial charge < -0.3 is 15.4 Å². The monoisotopic (exact) mass is 344 g/mol. The summed E-state index contributed by atoms with van der Waals surface area (Å²) >= 11 is 6.26. The Morgan fingerprint density at radius 2 is 1.70 bits per heavy atom. The molecule has 0 amide bonds. The number of halogens is 4. The lowest BCUT2D eigenvalue weighted by Gasteiger charge is -2.18. The van der Waals surface area contributed by atoms with E-state index >= 15 is 0 Å². The first-order valence-electron chi connectivity index (χ1n) is 6.75. The van der Waals surface area contributed by atoms with Gasteiger partial charge in [-0.1, -0.05) is 29.8 Å². The van der Waals surface area contributed by atoms with Gasteiger partial charge in [0.05, 0.1) is 6.04 Å². The summed E-state index contributed by atoms with van der Waals surface area (Å²) in [7, 11) is 3.79. The first-order chi connectivity index (χ1) is 10.7. The second kappa shape index (κ2) is 6.68. The smallest absolute Gasteiger partial charge is 0.406 e. The highest BCUT2D eigenvalue weighted by Gasteiger charge is 2.31. The summed E-state index contributed by atoms with van der Waals surface area (Å²) in [5, 5.41) is 0.499. The van der Waals surface area contributed by atoms with Gasteiger partial charge in [-0.3, -0.25) is 0 Å². The van der Waals surface area contributed by atoms with Crippen LogP contribution in [0.5, 0.6) is 5.75 Å². The van der Waals surface area contributed by atoms with Crippen LogP contribution in [0, 0.1) is 0 Å². The van der Waals surface area contributed by atoms with Gasteiger partial charge in [0.25, 0.3) is 0 Å². The van der Waals surface area contributed by atoms with E-state index in [4.69, 9.17) is 17.3 Å². The van der Waals surface area contributed by atoms with Gasteiger partial charge in [0.1, 0.15) is 5.75 Å². The van der Waals surface area contributed by atoms with Gasteiger partial charge in [0.2, 0.25) is 0 Å². The van der Waals surface area contributed by atoms with Crippen molar-refractivity contribution in [3.8, 4) is 5.75 Å². The molecule has 0 aliphatic heterocycles. The van der Waals surface area contributed by atoms with Crippen LogP contribution in [0.1, 0.15) is 17.2 Å². The number of nitrogens with zero attached hydrogens (tertiary/aromatic N) is 1. The van der Waals surface area contributed by atoms with E-state index in [2.05, 4.69) is 4.74 Å². The van der Waals surface area contributed by atoms with Crippen molar-refractivity contribution in [2.45, 2.75) is 12.4 Å². The van der Waals surface area contributed by atoms with E-state index in [0.29, 0.717) is 16.1 Å².